The van der Waals surface area contributed by atoms with Crippen molar-refractivity contribution in [3.8, 4) is 0 Å². The van der Waals surface area contributed by atoms with Gasteiger partial charge in [0.2, 0.25) is 0 Å². The largest absolute Gasteiger partial charge is 0.396 e. The van der Waals surface area contributed by atoms with E-state index in [-0.39, 0.29) is 12.6 Å². The van der Waals surface area contributed by atoms with Crippen LogP contribution < -0.4 is 5.32 Å². The van der Waals surface area contributed by atoms with Gasteiger partial charge in [0.1, 0.15) is 0 Å². The monoisotopic (exact) mass is 217 g/mol. The molecule has 0 amide bonds. The summed E-state index contributed by atoms with van der Waals surface area (Å²) in [7, 11) is 1.68. The van der Waals surface area contributed by atoms with Crippen LogP contribution in [-0.4, -0.2) is 50.2 Å². The fourth-order valence-electron chi connectivity index (χ4n) is 1.93. The van der Waals surface area contributed by atoms with Gasteiger partial charge in [0.25, 0.3) is 0 Å². The second kappa shape index (κ2) is 7.17. The number of rotatable bonds is 7. The first kappa shape index (κ1) is 12.9. The fourth-order valence-corrected chi connectivity index (χ4v) is 1.93. The lowest BCUT2D eigenvalue weighted by atomic mass is 10.2. The summed E-state index contributed by atoms with van der Waals surface area (Å²) < 4.78 is 10.8. The summed E-state index contributed by atoms with van der Waals surface area (Å²) in [6, 6.07) is 0.236. The molecular formula is C11H23NO3. The molecule has 1 saturated heterocycles. The molecule has 2 N–H and O–H groups in total. The zero-order valence-electron chi connectivity index (χ0n) is 9.74. The number of ether oxygens (including phenoxy) is 2. The second-order valence-corrected chi connectivity index (χ2v) is 4.22. The van der Waals surface area contributed by atoms with Gasteiger partial charge in [-0.05, 0) is 26.2 Å². The predicted octanol–water partition coefficient (Wildman–Crippen LogP) is 0.541. The van der Waals surface area contributed by atoms with Crippen molar-refractivity contribution in [3.05, 3.63) is 0 Å². The van der Waals surface area contributed by atoms with E-state index in [1.54, 1.807) is 7.11 Å². The van der Waals surface area contributed by atoms with Crippen molar-refractivity contribution in [3.63, 3.8) is 0 Å². The zero-order chi connectivity index (χ0) is 11.1. The predicted molar refractivity (Wildman–Crippen MR) is 58.9 cm³/mol. The summed E-state index contributed by atoms with van der Waals surface area (Å²) in [6.07, 6.45) is 3.75. The third-order valence-corrected chi connectivity index (χ3v) is 2.80. The Labute approximate surface area is 92.0 Å². The molecule has 1 aliphatic rings. The normalized spacial score (nSPS) is 28.2. The molecule has 0 spiro atoms. The Morgan fingerprint density at radius 2 is 2.33 bits per heavy atom. The lowest BCUT2D eigenvalue weighted by Crippen LogP contribution is -2.39. The van der Waals surface area contributed by atoms with Crippen LogP contribution in [0.15, 0.2) is 0 Å². The molecule has 0 aromatic rings. The molecule has 1 aliphatic heterocycles. The van der Waals surface area contributed by atoms with E-state index >= 15 is 0 Å². The van der Waals surface area contributed by atoms with Gasteiger partial charge >= 0.3 is 0 Å². The highest BCUT2D eigenvalue weighted by molar-refractivity contribution is 4.75. The number of methoxy groups -OCH3 is 1. The Morgan fingerprint density at radius 3 is 2.87 bits per heavy atom. The van der Waals surface area contributed by atoms with E-state index in [4.69, 9.17) is 14.6 Å². The lowest BCUT2D eigenvalue weighted by Gasteiger charge is -2.19. The zero-order valence-corrected chi connectivity index (χ0v) is 9.74. The van der Waals surface area contributed by atoms with Crippen LogP contribution in [0.5, 0.6) is 0 Å². The summed E-state index contributed by atoms with van der Waals surface area (Å²) in [5.74, 6) is 0. The number of nitrogens with one attached hydrogen (secondary N) is 1. The number of aliphatic hydroxyl groups is 1. The van der Waals surface area contributed by atoms with E-state index in [0.717, 1.165) is 25.8 Å². The van der Waals surface area contributed by atoms with E-state index < -0.39 is 0 Å². The average Bonchev–Trinajstić information content (AvgIpc) is 2.61. The molecule has 3 unspecified atom stereocenters. The molecule has 1 fully saturated rings. The van der Waals surface area contributed by atoms with Crippen LogP contribution in [0.25, 0.3) is 0 Å². The molecule has 3 atom stereocenters. The Kier molecular flexibility index (Phi) is 6.17. The Hall–Kier alpha value is -0.160. The highest BCUT2D eigenvalue weighted by Crippen LogP contribution is 2.18. The molecular weight excluding hydrogens is 194 g/mol. The van der Waals surface area contributed by atoms with Gasteiger partial charge in [-0.15, -0.1) is 0 Å². The number of hydrogen-bond acceptors (Lipinski definition) is 4. The third kappa shape index (κ3) is 4.93. The molecule has 0 bridgehead atoms. The van der Waals surface area contributed by atoms with Crippen LogP contribution in [0.2, 0.25) is 0 Å². The second-order valence-electron chi connectivity index (χ2n) is 4.22. The van der Waals surface area contributed by atoms with Crippen LogP contribution in [0.3, 0.4) is 0 Å². The van der Waals surface area contributed by atoms with Crippen molar-refractivity contribution in [2.45, 2.75) is 44.4 Å². The molecule has 0 aromatic carbocycles. The molecule has 4 heteroatoms. The lowest BCUT2D eigenvalue weighted by molar-refractivity contribution is 0.0503. The van der Waals surface area contributed by atoms with Crippen molar-refractivity contribution in [2.24, 2.45) is 0 Å². The maximum atomic E-state index is 8.87. The van der Waals surface area contributed by atoms with Gasteiger partial charge in [-0.25, -0.2) is 0 Å². The topological polar surface area (TPSA) is 50.7 Å². The minimum absolute atomic E-state index is 0.197. The molecule has 0 radical (unpaired) electrons. The van der Waals surface area contributed by atoms with Crippen LogP contribution in [0.4, 0.5) is 0 Å². The average molecular weight is 217 g/mol. The van der Waals surface area contributed by atoms with Gasteiger partial charge in [-0.3, -0.25) is 0 Å². The van der Waals surface area contributed by atoms with Crippen molar-refractivity contribution in [2.75, 3.05) is 26.9 Å². The first-order valence-corrected chi connectivity index (χ1v) is 5.75. The summed E-state index contributed by atoms with van der Waals surface area (Å²) in [6.45, 7) is 3.81. The molecule has 15 heavy (non-hydrogen) atoms. The van der Waals surface area contributed by atoms with E-state index in [2.05, 4.69) is 12.2 Å². The SMILES string of the molecule is COCC(CCO)NCC1CCC(C)O1. The van der Waals surface area contributed by atoms with Crippen LogP contribution in [-0.2, 0) is 9.47 Å². The van der Waals surface area contributed by atoms with Crippen LogP contribution in [0, 0.1) is 0 Å². The quantitative estimate of drug-likeness (QED) is 0.653. The minimum Gasteiger partial charge on any atom is -0.396 e. The third-order valence-electron chi connectivity index (χ3n) is 2.80. The van der Waals surface area contributed by atoms with E-state index in [1.807, 2.05) is 0 Å². The highest BCUT2D eigenvalue weighted by Gasteiger charge is 2.22. The molecule has 0 saturated carbocycles. The number of hydrogen-bond donors (Lipinski definition) is 2. The Morgan fingerprint density at radius 1 is 1.53 bits per heavy atom. The van der Waals surface area contributed by atoms with Crippen LogP contribution >= 0.6 is 0 Å². The van der Waals surface area contributed by atoms with Crippen molar-refractivity contribution < 1.29 is 14.6 Å². The van der Waals surface area contributed by atoms with Crippen molar-refractivity contribution in [1.29, 1.82) is 0 Å². The van der Waals surface area contributed by atoms with E-state index in [9.17, 15) is 0 Å². The van der Waals surface area contributed by atoms with Gasteiger partial charge in [-0.1, -0.05) is 0 Å². The van der Waals surface area contributed by atoms with Gasteiger partial charge in [-0.2, -0.15) is 0 Å². The van der Waals surface area contributed by atoms with Gasteiger partial charge in [0.05, 0.1) is 18.8 Å². The number of aliphatic hydroxyl groups excluding tert-OH is 1. The van der Waals surface area contributed by atoms with Crippen molar-refractivity contribution in [1.82, 2.24) is 5.32 Å². The highest BCUT2D eigenvalue weighted by atomic mass is 16.5. The van der Waals surface area contributed by atoms with Crippen molar-refractivity contribution >= 4 is 0 Å². The Bertz CT molecular complexity index is 160. The minimum atomic E-state index is 0.197. The maximum absolute atomic E-state index is 8.87. The van der Waals surface area contributed by atoms with E-state index in [1.165, 1.54) is 0 Å². The fraction of sp³-hybridized carbons (Fsp3) is 1.00. The summed E-state index contributed by atoms with van der Waals surface area (Å²) in [5.41, 5.74) is 0. The Balaban J connectivity index is 2.15. The van der Waals surface area contributed by atoms with Gasteiger partial charge in [0, 0.05) is 26.3 Å². The molecule has 1 rings (SSSR count). The standard InChI is InChI=1S/C11H23NO3/c1-9-3-4-11(15-9)7-12-10(5-6-13)8-14-2/h9-13H,3-8H2,1-2H3. The van der Waals surface area contributed by atoms with Gasteiger partial charge < -0.3 is 19.9 Å². The van der Waals surface area contributed by atoms with Crippen LogP contribution in [0.1, 0.15) is 26.2 Å². The maximum Gasteiger partial charge on any atom is 0.0704 e. The summed E-state index contributed by atoms with van der Waals surface area (Å²) in [5, 5.41) is 12.2. The smallest absolute Gasteiger partial charge is 0.0704 e. The summed E-state index contributed by atoms with van der Waals surface area (Å²) >= 11 is 0. The molecule has 1 heterocycles. The van der Waals surface area contributed by atoms with Gasteiger partial charge in [0.15, 0.2) is 0 Å². The first-order chi connectivity index (χ1) is 7.26. The van der Waals surface area contributed by atoms with E-state index in [0.29, 0.717) is 18.8 Å². The summed E-state index contributed by atoms with van der Waals surface area (Å²) in [4.78, 5) is 0. The molecule has 4 nitrogen and oxygen atoms in total. The molecule has 0 aliphatic carbocycles. The molecule has 90 valence electrons. The molecule has 0 aromatic heterocycles. The first-order valence-electron chi connectivity index (χ1n) is 5.75.